The van der Waals surface area contributed by atoms with E-state index in [0.717, 1.165) is 6.08 Å². The van der Waals surface area contributed by atoms with Crippen molar-refractivity contribution in [1.29, 1.82) is 0 Å². The molecule has 2 N–H and O–H groups in total. The summed E-state index contributed by atoms with van der Waals surface area (Å²) in [6.45, 7) is 1.54. The monoisotopic (exact) mass is 334 g/mol. The van der Waals surface area contributed by atoms with E-state index in [-0.39, 0.29) is 16.9 Å². The fourth-order valence-electron chi connectivity index (χ4n) is 3.05. The van der Waals surface area contributed by atoms with E-state index in [1.54, 1.807) is 6.92 Å². The molecule has 1 aromatic rings. The van der Waals surface area contributed by atoms with Crippen molar-refractivity contribution in [2.45, 2.75) is 19.1 Å². The van der Waals surface area contributed by atoms with Gasteiger partial charge in [0.15, 0.2) is 11.5 Å². The van der Waals surface area contributed by atoms with E-state index < -0.39 is 52.4 Å². The van der Waals surface area contributed by atoms with Gasteiger partial charge in [0.2, 0.25) is 5.78 Å². The highest BCUT2D eigenvalue weighted by atomic mass is 16.6. The molecule has 1 aliphatic carbocycles. The molecule has 0 bridgehead atoms. The van der Waals surface area contributed by atoms with Crippen molar-refractivity contribution in [2.24, 2.45) is 0 Å². The first kappa shape index (κ1) is 16.0. The fourth-order valence-corrected chi connectivity index (χ4v) is 3.05. The van der Waals surface area contributed by atoms with Gasteiger partial charge in [-0.25, -0.2) is 4.79 Å². The van der Waals surface area contributed by atoms with Crippen molar-refractivity contribution in [3.63, 3.8) is 0 Å². The predicted octanol–water partition coefficient (Wildman–Crippen LogP) is 1.25. The molecule has 0 amide bonds. The highest BCUT2D eigenvalue weighted by molar-refractivity contribution is 6.27. The van der Waals surface area contributed by atoms with Gasteiger partial charge in [-0.1, -0.05) is 0 Å². The minimum atomic E-state index is -0.914. The number of esters is 1. The van der Waals surface area contributed by atoms with Crippen LogP contribution in [-0.2, 0) is 14.2 Å². The number of methoxy groups -OCH3 is 2. The minimum Gasteiger partial charge on any atom is -0.507 e. The Bertz CT molecular complexity index is 820. The van der Waals surface area contributed by atoms with Crippen LogP contribution in [0.25, 0.3) is 0 Å². The van der Waals surface area contributed by atoms with Gasteiger partial charge >= 0.3 is 5.97 Å². The van der Waals surface area contributed by atoms with Crippen LogP contribution in [0.1, 0.15) is 49.7 Å². The summed E-state index contributed by atoms with van der Waals surface area (Å²) in [7, 11) is 2.53. The second-order valence-corrected chi connectivity index (χ2v) is 5.41. The molecule has 8 nitrogen and oxygen atoms in total. The molecule has 0 fully saturated rings. The molecule has 0 saturated heterocycles. The van der Waals surface area contributed by atoms with Gasteiger partial charge in [-0.15, -0.1) is 0 Å². The van der Waals surface area contributed by atoms with Crippen molar-refractivity contribution in [3.8, 4) is 11.5 Å². The van der Waals surface area contributed by atoms with Crippen molar-refractivity contribution < 1.29 is 38.8 Å². The van der Waals surface area contributed by atoms with Crippen LogP contribution in [-0.4, -0.2) is 48.1 Å². The quantitative estimate of drug-likeness (QED) is 0.612. The number of Topliss-reactive ketones (excluding diaryl/α,β-unsaturated/α-hetero) is 1. The van der Waals surface area contributed by atoms with Gasteiger partial charge < -0.3 is 24.4 Å². The molecule has 126 valence electrons. The molecule has 2 aliphatic rings. The molecule has 2 unspecified atom stereocenters. The number of ketones is 2. The lowest BCUT2D eigenvalue weighted by atomic mass is 9.83. The van der Waals surface area contributed by atoms with Gasteiger partial charge in [-0.05, 0) is 6.92 Å². The molecule has 8 heteroatoms. The Morgan fingerprint density at radius 1 is 1.04 bits per heavy atom. The number of allylic oxidation sites excluding steroid dienone is 2. The van der Waals surface area contributed by atoms with Crippen LogP contribution in [0.3, 0.4) is 0 Å². The zero-order valence-corrected chi connectivity index (χ0v) is 13.1. The van der Waals surface area contributed by atoms with E-state index in [1.165, 1.54) is 14.2 Å². The topological polar surface area (TPSA) is 119 Å². The van der Waals surface area contributed by atoms with E-state index >= 15 is 0 Å². The van der Waals surface area contributed by atoms with Crippen LogP contribution in [0, 0.1) is 0 Å². The maximum absolute atomic E-state index is 12.4. The summed E-state index contributed by atoms with van der Waals surface area (Å²) in [6.07, 6.45) is -0.778. The fraction of sp³-hybridized carbons (Fsp3) is 0.312. The lowest BCUT2D eigenvalue weighted by molar-refractivity contribution is -0.0403. The molecule has 3 rings (SSSR count). The highest BCUT2D eigenvalue weighted by Gasteiger charge is 2.44. The maximum Gasteiger partial charge on any atom is 0.342 e. The second-order valence-electron chi connectivity index (χ2n) is 5.41. The molecule has 2 atom stereocenters. The second kappa shape index (κ2) is 5.34. The molecular weight excluding hydrogens is 320 g/mol. The zero-order valence-electron chi connectivity index (χ0n) is 13.1. The van der Waals surface area contributed by atoms with Gasteiger partial charge in [-0.2, -0.15) is 0 Å². The molecular formula is C16H14O8. The molecule has 24 heavy (non-hydrogen) atoms. The molecule has 1 aliphatic heterocycles. The number of benzene rings is 1. The SMILES string of the molecule is COC1=CC(=O)c2c(O)c3c(c(O)c2C1=O)C(OC)C(C)OC3=O. The van der Waals surface area contributed by atoms with E-state index in [9.17, 15) is 24.6 Å². The number of carbonyl (C=O) groups excluding carboxylic acids is 3. The molecule has 0 radical (unpaired) electrons. The summed E-state index contributed by atoms with van der Waals surface area (Å²) in [4.78, 5) is 36.8. The standard InChI is InChI=1S/C16H14O8/c1-5-15(23-3)10-11(16(21)24-5)13(19)8-6(17)4-7(22-2)12(18)9(8)14(10)20/h4-5,15,19-20H,1-3H3. The smallest absolute Gasteiger partial charge is 0.342 e. The number of hydrogen-bond donors (Lipinski definition) is 2. The van der Waals surface area contributed by atoms with E-state index in [2.05, 4.69) is 0 Å². The van der Waals surface area contributed by atoms with Gasteiger partial charge in [0.1, 0.15) is 29.3 Å². The number of fused-ring (bicyclic) bond motifs is 2. The third kappa shape index (κ3) is 1.93. The number of carbonyl (C=O) groups is 3. The predicted molar refractivity (Wildman–Crippen MR) is 78.2 cm³/mol. The normalized spacial score (nSPS) is 22.5. The summed E-state index contributed by atoms with van der Waals surface area (Å²) >= 11 is 0. The molecule has 1 heterocycles. The Hall–Kier alpha value is -2.87. The van der Waals surface area contributed by atoms with Gasteiger partial charge in [0, 0.05) is 18.7 Å². The first-order chi connectivity index (χ1) is 11.3. The average molecular weight is 334 g/mol. The van der Waals surface area contributed by atoms with Crippen LogP contribution >= 0.6 is 0 Å². The molecule has 1 aromatic carbocycles. The number of phenolic OH excluding ortho intramolecular Hbond substituents is 2. The number of ether oxygens (including phenoxy) is 3. The maximum atomic E-state index is 12.4. The number of aromatic hydroxyl groups is 2. The van der Waals surface area contributed by atoms with Crippen molar-refractivity contribution in [1.82, 2.24) is 0 Å². The zero-order chi connectivity index (χ0) is 17.8. The van der Waals surface area contributed by atoms with Gasteiger partial charge in [0.25, 0.3) is 0 Å². The number of rotatable bonds is 2. The number of hydrogen-bond acceptors (Lipinski definition) is 8. The Morgan fingerprint density at radius 3 is 2.29 bits per heavy atom. The molecule has 0 saturated carbocycles. The first-order valence-electron chi connectivity index (χ1n) is 7.03. The van der Waals surface area contributed by atoms with Crippen LogP contribution in [0.4, 0.5) is 0 Å². The molecule has 0 spiro atoms. The van der Waals surface area contributed by atoms with Crippen LogP contribution < -0.4 is 0 Å². The highest BCUT2D eigenvalue weighted by Crippen LogP contribution is 2.47. The van der Waals surface area contributed by atoms with E-state index in [0.29, 0.717) is 0 Å². The third-order valence-corrected chi connectivity index (χ3v) is 4.13. The number of phenols is 2. The summed E-state index contributed by atoms with van der Waals surface area (Å²) in [5, 5.41) is 21.0. The van der Waals surface area contributed by atoms with E-state index in [4.69, 9.17) is 14.2 Å². The Morgan fingerprint density at radius 2 is 1.71 bits per heavy atom. The van der Waals surface area contributed by atoms with Gasteiger partial charge in [0.05, 0.1) is 18.2 Å². The third-order valence-electron chi connectivity index (χ3n) is 4.13. The van der Waals surface area contributed by atoms with Crippen LogP contribution in [0.5, 0.6) is 11.5 Å². The molecule has 0 aromatic heterocycles. The van der Waals surface area contributed by atoms with Crippen molar-refractivity contribution in [3.05, 3.63) is 34.1 Å². The Balaban J connectivity index is 2.40. The summed E-state index contributed by atoms with van der Waals surface area (Å²) in [5.41, 5.74) is -1.35. The number of cyclic esters (lactones) is 1. The summed E-state index contributed by atoms with van der Waals surface area (Å²) in [5.74, 6) is -4.05. The van der Waals surface area contributed by atoms with Crippen LogP contribution in [0.15, 0.2) is 11.8 Å². The lowest BCUT2D eigenvalue weighted by Crippen LogP contribution is -2.33. The lowest BCUT2D eigenvalue weighted by Gasteiger charge is -2.32. The average Bonchev–Trinajstić information content (AvgIpc) is 2.53. The Labute approximate surface area is 136 Å². The minimum absolute atomic E-state index is 0.0870. The summed E-state index contributed by atoms with van der Waals surface area (Å²) < 4.78 is 15.1. The van der Waals surface area contributed by atoms with Crippen molar-refractivity contribution >= 4 is 17.5 Å². The Kier molecular flexibility index (Phi) is 3.56. The summed E-state index contributed by atoms with van der Waals surface area (Å²) in [6, 6.07) is 0. The van der Waals surface area contributed by atoms with Crippen molar-refractivity contribution in [2.75, 3.05) is 14.2 Å². The van der Waals surface area contributed by atoms with Crippen LogP contribution in [0.2, 0.25) is 0 Å². The largest absolute Gasteiger partial charge is 0.507 e. The van der Waals surface area contributed by atoms with E-state index in [1.807, 2.05) is 0 Å². The van der Waals surface area contributed by atoms with Gasteiger partial charge in [-0.3, -0.25) is 9.59 Å². The first-order valence-corrected chi connectivity index (χ1v) is 7.03.